The average Bonchev–Trinajstić information content (AvgIpc) is 2.28. The van der Waals surface area contributed by atoms with Gasteiger partial charge in [0.2, 0.25) is 0 Å². The summed E-state index contributed by atoms with van der Waals surface area (Å²) in [6.45, 7) is 3.63. The quantitative estimate of drug-likeness (QED) is 0.609. The number of carboxylic acid groups (broad SMARTS) is 2. The third-order valence-corrected chi connectivity index (χ3v) is 1.40. The first-order valence-corrected chi connectivity index (χ1v) is 4.37. The van der Waals surface area contributed by atoms with Crippen LogP contribution in [0, 0.1) is 0 Å². The zero-order valence-electron chi connectivity index (χ0n) is 9.95. The van der Waals surface area contributed by atoms with Gasteiger partial charge in [-0.05, 0) is 5.56 Å². The number of rotatable bonds is 3. The molecule has 18 heavy (non-hydrogen) atoms. The van der Waals surface area contributed by atoms with E-state index in [4.69, 9.17) is 10.2 Å². The van der Waals surface area contributed by atoms with E-state index < -0.39 is 11.9 Å². The Morgan fingerprint density at radius 1 is 0.944 bits per heavy atom. The Labute approximate surface area is 105 Å². The van der Waals surface area contributed by atoms with Gasteiger partial charge < -0.3 is 22.5 Å². The fourth-order valence-corrected chi connectivity index (χ4v) is 0.732. The lowest BCUT2D eigenvalue weighted by Crippen LogP contribution is -1.91. The number of aliphatic carboxylic acids is 2. The van der Waals surface area contributed by atoms with Crippen molar-refractivity contribution in [1.29, 1.82) is 0 Å². The summed E-state index contributed by atoms with van der Waals surface area (Å²) in [6.07, 6.45) is 2.95. The highest BCUT2D eigenvalue weighted by Gasteiger charge is 1.88. The smallest absolute Gasteiger partial charge is 0.328 e. The van der Waals surface area contributed by atoms with Crippen LogP contribution in [0.2, 0.25) is 0 Å². The Kier molecular flexibility index (Phi) is 14.7. The molecule has 0 amide bonds. The Morgan fingerprint density at radius 3 is 1.56 bits per heavy atom. The molecule has 0 saturated heterocycles. The van der Waals surface area contributed by atoms with Gasteiger partial charge in [-0.2, -0.15) is 0 Å². The van der Waals surface area contributed by atoms with E-state index in [1.807, 2.05) is 36.4 Å². The van der Waals surface area contributed by atoms with Gasteiger partial charge in [-0.3, -0.25) is 0 Å². The van der Waals surface area contributed by atoms with Gasteiger partial charge in [0.1, 0.15) is 0 Å². The van der Waals surface area contributed by atoms with Crippen LogP contribution in [0.5, 0.6) is 0 Å². The van der Waals surface area contributed by atoms with Crippen LogP contribution in [-0.4, -0.2) is 22.2 Å². The molecular formula is C12H18N2O4. The zero-order valence-corrected chi connectivity index (χ0v) is 9.95. The Balaban J connectivity index is -0.000000225. The molecule has 1 aromatic carbocycles. The predicted octanol–water partition coefficient (Wildman–Crippen LogP) is 2.37. The second-order valence-electron chi connectivity index (χ2n) is 2.62. The van der Waals surface area contributed by atoms with Gasteiger partial charge in [-0.25, -0.2) is 9.59 Å². The van der Waals surface area contributed by atoms with Crippen molar-refractivity contribution in [2.24, 2.45) is 0 Å². The van der Waals surface area contributed by atoms with E-state index in [-0.39, 0.29) is 12.3 Å². The summed E-state index contributed by atoms with van der Waals surface area (Å²) in [7, 11) is 0. The minimum absolute atomic E-state index is 0. The molecule has 0 aliphatic heterocycles. The monoisotopic (exact) mass is 254 g/mol. The van der Waals surface area contributed by atoms with Crippen molar-refractivity contribution in [2.45, 2.75) is 0 Å². The van der Waals surface area contributed by atoms with Crippen LogP contribution in [-0.2, 0) is 9.59 Å². The SMILES string of the molecule is C=Cc1ccccc1.N.N.O=C(O)C=CC(=O)O. The standard InChI is InChI=1S/C8H8.C4H4O4.2H3N/c1-2-8-6-4-3-5-7-8;5-3(6)1-2-4(7)8;;/h2-7H,1H2;1-2H,(H,5,6)(H,7,8);2*1H3. The third kappa shape index (κ3) is 13.6. The molecule has 6 nitrogen and oxygen atoms in total. The molecule has 8 N–H and O–H groups in total. The molecule has 100 valence electrons. The van der Waals surface area contributed by atoms with E-state index in [1.54, 1.807) is 0 Å². The summed E-state index contributed by atoms with van der Waals surface area (Å²) in [5, 5.41) is 15.6. The van der Waals surface area contributed by atoms with Crippen LogP contribution < -0.4 is 12.3 Å². The van der Waals surface area contributed by atoms with Crippen molar-refractivity contribution in [3.05, 3.63) is 54.6 Å². The number of hydrogen-bond acceptors (Lipinski definition) is 4. The van der Waals surface area contributed by atoms with Crippen LogP contribution in [0.3, 0.4) is 0 Å². The predicted molar refractivity (Wildman–Crippen MR) is 71.0 cm³/mol. The normalized spacial score (nSPS) is 8.00. The van der Waals surface area contributed by atoms with Crippen LogP contribution >= 0.6 is 0 Å². The lowest BCUT2D eigenvalue weighted by atomic mass is 10.2. The first-order valence-electron chi connectivity index (χ1n) is 4.37. The molecule has 6 heteroatoms. The van der Waals surface area contributed by atoms with Crippen LogP contribution in [0.15, 0.2) is 49.1 Å². The molecule has 0 heterocycles. The lowest BCUT2D eigenvalue weighted by molar-refractivity contribution is -0.134. The Morgan fingerprint density at radius 2 is 1.33 bits per heavy atom. The highest BCUT2D eigenvalue weighted by atomic mass is 16.4. The first kappa shape index (κ1) is 20.9. The van der Waals surface area contributed by atoms with Crippen molar-refractivity contribution in [1.82, 2.24) is 12.3 Å². The summed E-state index contributed by atoms with van der Waals surface area (Å²) < 4.78 is 0. The molecule has 1 rings (SSSR count). The summed E-state index contributed by atoms with van der Waals surface area (Å²) in [5.74, 6) is -2.51. The number of hydrogen-bond donors (Lipinski definition) is 4. The molecule has 0 aliphatic rings. The van der Waals surface area contributed by atoms with Gasteiger partial charge in [0.15, 0.2) is 0 Å². The molecule has 0 aliphatic carbocycles. The van der Waals surface area contributed by atoms with Crippen molar-refractivity contribution in [3.63, 3.8) is 0 Å². The topological polar surface area (TPSA) is 145 Å². The molecule has 0 atom stereocenters. The molecule has 0 spiro atoms. The molecule has 0 aromatic heterocycles. The van der Waals surface area contributed by atoms with E-state index in [0.717, 1.165) is 0 Å². The Hall–Kier alpha value is -2.44. The molecule has 0 bridgehead atoms. The van der Waals surface area contributed by atoms with Gasteiger partial charge in [0.05, 0.1) is 0 Å². The van der Waals surface area contributed by atoms with E-state index in [9.17, 15) is 9.59 Å². The van der Waals surface area contributed by atoms with E-state index >= 15 is 0 Å². The second kappa shape index (κ2) is 12.6. The maximum Gasteiger partial charge on any atom is 0.328 e. The van der Waals surface area contributed by atoms with Crippen LogP contribution in [0.1, 0.15) is 5.56 Å². The highest BCUT2D eigenvalue weighted by Crippen LogP contribution is 1.97. The first-order chi connectivity index (χ1) is 7.56. The van der Waals surface area contributed by atoms with Crippen LogP contribution in [0.25, 0.3) is 6.08 Å². The molecule has 0 radical (unpaired) electrons. The highest BCUT2D eigenvalue weighted by molar-refractivity contribution is 5.89. The summed E-state index contributed by atoms with van der Waals surface area (Å²) >= 11 is 0. The summed E-state index contributed by atoms with van der Waals surface area (Å²) in [5.41, 5.74) is 1.17. The number of benzene rings is 1. The molecule has 0 unspecified atom stereocenters. The van der Waals surface area contributed by atoms with Crippen molar-refractivity contribution >= 4 is 18.0 Å². The Bertz CT molecular complexity index is 372. The van der Waals surface area contributed by atoms with Gasteiger partial charge in [-0.15, -0.1) is 0 Å². The van der Waals surface area contributed by atoms with Crippen molar-refractivity contribution < 1.29 is 19.8 Å². The fourth-order valence-electron chi connectivity index (χ4n) is 0.732. The molecule has 0 saturated carbocycles. The van der Waals surface area contributed by atoms with Gasteiger partial charge in [-0.1, -0.05) is 43.0 Å². The maximum absolute atomic E-state index is 9.55. The largest absolute Gasteiger partial charge is 0.478 e. The second-order valence-corrected chi connectivity index (χ2v) is 2.62. The maximum atomic E-state index is 9.55. The van der Waals surface area contributed by atoms with Gasteiger partial charge in [0, 0.05) is 12.2 Å². The zero-order chi connectivity index (χ0) is 12.4. The minimum Gasteiger partial charge on any atom is -0.478 e. The fraction of sp³-hybridized carbons (Fsp3) is 0. The lowest BCUT2D eigenvalue weighted by Gasteiger charge is -1.85. The summed E-state index contributed by atoms with van der Waals surface area (Å²) in [6, 6.07) is 10.0. The van der Waals surface area contributed by atoms with E-state index in [2.05, 4.69) is 6.58 Å². The average molecular weight is 254 g/mol. The summed E-state index contributed by atoms with van der Waals surface area (Å²) in [4.78, 5) is 19.1. The van der Waals surface area contributed by atoms with Gasteiger partial charge >= 0.3 is 11.9 Å². The molecular weight excluding hydrogens is 236 g/mol. The number of carboxylic acids is 2. The van der Waals surface area contributed by atoms with Crippen molar-refractivity contribution in [3.8, 4) is 0 Å². The minimum atomic E-state index is -1.26. The van der Waals surface area contributed by atoms with Crippen molar-refractivity contribution in [2.75, 3.05) is 0 Å². The van der Waals surface area contributed by atoms with Gasteiger partial charge in [0.25, 0.3) is 0 Å². The third-order valence-electron chi connectivity index (χ3n) is 1.40. The molecule has 1 aromatic rings. The van der Waals surface area contributed by atoms with E-state index in [1.165, 1.54) is 5.56 Å². The number of carbonyl (C=O) groups is 2. The van der Waals surface area contributed by atoms with Crippen LogP contribution in [0.4, 0.5) is 0 Å². The molecule has 0 fully saturated rings. The van der Waals surface area contributed by atoms with E-state index in [0.29, 0.717) is 12.2 Å².